The van der Waals surface area contributed by atoms with Gasteiger partial charge in [0.25, 0.3) is 0 Å². The van der Waals surface area contributed by atoms with E-state index in [4.69, 9.17) is 9.47 Å². The number of aliphatic hydroxyl groups is 1. The summed E-state index contributed by atoms with van der Waals surface area (Å²) in [5.41, 5.74) is 0. The van der Waals surface area contributed by atoms with Gasteiger partial charge in [0, 0.05) is 25.7 Å². The number of hydrogen-bond acceptors (Lipinski definition) is 3. The lowest BCUT2D eigenvalue weighted by Crippen LogP contribution is -2.25. The highest BCUT2D eigenvalue weighted by Crippen LogP contribution is 2.24. The molecule has 1 N–H and O–H groups in total. The van der Waals surface area contributed by atoms with Crippen molar-refractivity contribution in [3.8, 4) is 5.75 Å². The van der Waals surface area contributed by atoms with Crippen LogP contribution in [0.25, 0.3) is 0 Å². The summed E-state index contributed by atoms with van der Waals surface area (Å²) < 4.78 is 24.0. The fourth-order valence-electron chi connectivity index (χ4n) is 2.02. The van der Waals surface area contributed by atoms with E-state index in [0.717, 1.165) is 13.0 Å². The van der Waals surface area contributed by atoms with Crippen LogP contribution in [0.4, 0.5) is 4.39 Å². The van der Waals surface area contributed by atoms with Crippen LogP contribution in [0.3, 0.4) is 0 Å². The van der Waals surface area contributed by atoms with E-state index in [9.17, 15) is 9.50 Å². The quantitative estimate of drug-likeness (QED) is 0.853. The van der Waals surface area contributed by atoms with Gasteiger partial charge in [-0.2, -0.15) is 0 Å². The Kier molecular flexibility index (Phi) is 4.34. The summed E-state index contributed by atoms with van der Waals surface area (Å²) in [6.45, 7) is 1.76. The second-order valence-electron chi connectivity index (χ2n) is 4.31. The summed E-state index contributed by atoms with van der Waals surface area (Å²) in [5.74, 6) is 0.195. The molecule has 1 heterocycles. The van der Waals surface area contributed by atoms with Crippen LogP contribution in [0.1, 0.15) is 6.42 Å². The number of rotatable bonds is 5. The molecule has 2 atom stereocenters. The van der Waals surface area contributed by atoms with Crippen LogP contribution in [-0.4, -0.2) is 31.5 Å². The summed E-state index contributed by atoms with van der Waals surface area (Å²) in [7, 11) is 0. The van der Waals surface area contributed by atoms with Crippen molar-refractivity contribution in [2.45, 2.75) is 6.42 Å². The van der Waals surface area contributed by atoms with Gasteiger partial charge in [-0.05, 0) is 24.5 Å². The van der Waals surface area contributed by atoms with Crippen LogP contribution in [-0.2, 0) is 4.74 Å². The molecule has 1 aromatic carbocycles. The van der Waals surface area contributed by atoms with E-state index in [-0.39, 0.29) is 24.1 Å². The molecule has 94 valence electrons. The Morgan fingerprint density at radius 2 is 2.29 bits per heavy atom. The molecule has 0 spiro atoms. The van der Waals surface area contributed by atoms with Gasteiger partial charge in [-0.3, -0.25) is 0 Å². The standard InChI is InChI=1S/C13H17FO3/c14-12-3-1-2-4-13(12)17-9-11(7-15)10-5-6-16-8-10/h1-4,10-11,15H,5-9H2. The Morgan fingerprint density at radius 1 is 1.47 bits per heavy atom. The topological polar surface area (TPSA) is 38.7 Å². The smallest absolute Gasteiger partial charge is 0.165 e. The predicted molar refractivity (Wildman–Crippen MR) is 61.4 cm³/mol. The van der Waals surface area contributed by atoms with Gasteiger partial charge in [-0.1, -0.05) is 12.1 Å². The molecule has 0 bridgehead atoms. The van der Waals surface area contributed by atoms with Gasteiger partial charge in [0.05, 0.1) is 6.61 Å². The van der Waals surface area contributed by atoms with E-state index in [1.165, 1.54) is 6.07 Å². The summed E-state index contributed by atoms with van der Waals surface area (Å²) >= 11 is 0. The highest BCUT2D eigenvalue weighted by atomic mass is 19.1. The lowest BCUT2D eigenvalue weighted by Gasteiger charge is -2.20. The van der Waals surface area contributed by atoms with E-state index in [2.05, 4.69) is 0 Å². The summed E-state index contributed by atoms with van der Waals surface area (Å²) in [5, 5.41) is 9.30. The minimum Gasteiger partial charge on any atom is -0.490 e. The first kappa shape index (κ1) is 12.3. The maximum Gasteiger partial charge on any atom is 0.165 e. The minimum atomic E-state index is -0.369. The summed E-state index contributed by atoms with van der Waals surface area (Å²) in [6, 6.07) is 6.30. The van der Waals surface area contributed by atoms with Crippen LogP contribution < -0.4 is 4.74 Å². The van der Waals surface area contributed by atoms with E-state index in [1.54, 1.807) is 18.2 Å². The van der Waals surface area contributed by atoms with Gasteiger partial charge < -0.3 is 14.6 Å². The normalized spacial score (nSPS) is 21.4. The zero-order valence-electron chi connectivity index (χ0n) is 9.64. The number of aliphatic hydroxyl groups excluding tert-OH is 1. The molecule has 17 heavy (non-hydrogen) atoms. The van der Waals surface area contributed by atoms with E-state index in [0.29, 0.717) is 19.1 Å². The maximum atomic E-state index is 13.3. The molecular weight excluding hydrogens is 223 g/mol. The largest absolute Gasteiger partial charge is 0.490 e. The van der Waals surface area contributed by atoms with Crippen LogP contribution in [0.2, 0.25) is 0 Å². The summed E-state index contributed by atoms with van der Waals surface area (Å²) in [6.07, 6.45) is 0.936. The van der Waals surface area contributed by atoms with Crippen molar-refractivity contribution in [1.29, 1.82) is 0 Å². The molecule has 2 rings (SSSR count). The highest BCUT2D eigenvalue weighted by molar-refractivity contribution is 5.23. The van der Waals surface area contributed by atoms with Crippen LogP contribution >= 0.6 is 0 Å². The molecule has 0 radical (unpaired) electrons. The Hall–Kier alpha value is -1.13. The van der Waals surface area contributed by atoms with Crippen molar-refractivity contribution in [2.24, 2.45) is 11.8 Å². The Morgan fingerprint density at radius 3 is 2.94 bits per heavy atom. The molecule has 1 aliphatic rings. The zero-order valence-corrected chi connectivity index (χ0v) is 9.64. The molecule has 2 unspecified atom stereocenters. The third kappa shape index (κ3) is 3.17. The van der Waals surface area contributed by atoms with Gasteiger partial charge >= 0.3 is 0 Å². The molecular formula is C13H17FO3. The molecule has 0 saturated carbocycles. The fraction of sp³-hybridized carbons (Fsp3) is 0.538. The SMILES string of the molecule is OCC(COc1ccccc1F)C1CCOC1. The van der Waals surface area contributed by atoms with Crippen LogP contribution in [0.5, 0.6) is 5.75 Å². The first-order valence-corrected chi connectivity index (χ1v) is 5.87. The third-order valence-electron chi connectivity index (χ3n) is 3.16. The lowest BCUT2D eigenvalue weighted by atomic mass is 9.93. The molecule has 3 nitrogen and oxygen atoms in total. The third-order valence-corrected chi connectivity index (χ3v) is 3.16. The number of para-hydroxylation sites is 1. The van der Waals surface area contributed by atoms with Crippen LogP contribution in [0.15, 0.2) is 24.3 Å². The first-order valence-electron chi connectivity index (χ1n) is 5.87. The van der Waals surface area contributed by atoms with Crippen molar-refractivity contribution >= 4 is 0 Å². The average molecular weight is 240 g/mol. The lowest BCUT2D eigenvalue weighted by molar-refractivity contribution is 0.100. The molecule has 1 fully saturated rings. The molecule has 0 aromatic heterocycles. The Balaban J connectivity index is 1.89. The predicted octanol–water partition coefficient (Wildman–Crippen LogP) is 1.85. The van der Waals surface area contributed by atoms with Crippen molar-refractivity contribution in [3.63, 3.8) is 0 Å². The van der Waals surface area contributed by atoms with E-state index >= 15 is 0 Å². The molecule has 0 amide bonds. The van der Waals surface area contributed by atoms with E-state index in [1.807, 2.05) is 0 Å². The monoisotopic (exact) mass is 240 g/mol. The molecule has 0 aliphatic carbocycles. The Bertz CT molecular complexity index is 350. The minimum absolute atomic E-state index is 0.0112. The van der Waals surface area contributed by atoms with Crippen molar-refractivity contribution in [1.82, 2.24) is 0 Å². The molecule has 1 aliphatic heterocycles. The second-order valence-corrected chi connectivity index (χ2v) is 4.31. The zero-order chi connectivity index (χ0) is 12.1. The van der Waals surface area contributed by atoms with Gasteiger partial charge in [0.1, 0.15) is 0 Å². The van der Waals surface area contributed by atoms with Gasteiger partial charge in [-0.25, -0.2) is 4.39 Å². The molecule has 1 aromatic rings. The van der Waals surface area contributed by atoms with E-state index < -0.39 is 0 Å². The number of hydrogen-bond donors (Lipinski definition) is 1. The fourth-order valence-corrected chi connectivity index (χ4v) is 2.02. The highest BCUT2D eigenvalue weighted by Gasteiger charge is 2.25. The van der Waals surface area contributed by atoms with Gasteiger partial charge in [0.2, 0.25) is 0 Å². The number of benzene rings is 1. The van der Waals surface area contributed by atoms with Crippen molar-refractivity contribution < 1.29 is 19.0 Å². The number of halogens is 1. The average Bonchev–Trinajstić information content (AvgIpc) is 2.86. The molecule has 4 heteroatoms. The van der Waals surface area contributed by atoms with Crippen molar-refractivity contribution in [2.75, 3.05) is 26.4 Å². The van der Waals surface area contributed by atoms with Gasteiger partial charge in [-0.15, -0.1) is 0 Å². The maximum absolute atomic E-state index is 13.3. The van der Waals surface area contributed by atoms with Crippen LogP contribution in [0, 0.1) is 17.7 Å². The van der Waals surface area contributed by atoms with Crippen molar-refractivity contribution in [3.05, 3.63) is 30.1 Å². The summed E-state index contributed by atoms with van der Waals surface area (Å²) in [4.78, 5) is 0. The first-order chi connectivity index (χ1) is 8.31. The molecule has 1 saturated heterocycles. The van der Waals surface area contributed by atoms with Gasteiger partial charge in [0.15, 0.2) is 11.6 Å². The second kappa shape index (κ2) is 5.98. The Labute approximate surface area is 100 Å². The number of ether oxygens (including phenoxy) is 2.